The van der Waals surface area contributed by atoms with Gasteiger partial charge in [-0.2, -0.15) is 0 Å². The smallest absolute Gasteiger partial charge is 1.00 e. The molecule has 2 aromatic carbocycles. The first-order valence-electron chi connectivity index (χ1n) is 5.03. The zero-order chi connectivity index (χ0) is 11.5. The third kappa shape index (κ3) is 3.83. The van der Waals surface area contributed by atoms with Crippen LogP contribution in [0, 0.1) is 0 Å². The fraction of sp³-hybridized carbons (Fsp3) is 0.154. The van der Waals surface area contributed by atoms with Crippen molar-refractivity contribution < 1.29 is 39.5 Å². The Morgan fingerprint density at radius 3 is 2.47 bits per heavy atom. The third-order valence-corrected chi connectivity index (χ3v) is 4.62. The Hall–Kier alpha value is -0.311. The van der Waals surface area contributed by atoms with Gasteiger partial charge in [0.1, 0.15) is 0 Å². The maximum atomic E-state index is 10.7. The van der Waals surface area contributed by atoms with Crippen LogP contribution in [0.5, 0.6) is 0 Å². The predicted octanol–water partition coefficient (Wildman–Crippen LogP) is -2.27. The van der Waals surface area contributed by atoms with Crippen LogP contribution < -0.4 is 39.1 Å². The molecular formula is C13H11NaO2Se. The largest absolute Gasteiger partial charge is 1.00 e. The predicted molar refractivity (Wildman–Crippen MR) is 63.8 cm³/mol. The second-order valence-electron chi connectivity index (χ2n) is 3.59. The molecule has 2 rings (SSSR count). The molecule has 0 saturated heterocycles. The van der Waals surface area contributed by atoms with Crippen LogP contribution in [0.1, 0.15) is 6.92 Å². The molecule has 0 unspecified atom stereocenters. The Bertz CT molecular complexity index is 528. The molecule has 0 heterocycles. The summed E-state index contributed by atoms with van der Waals surface area (Å²) in [6.45, 7) is 1.70. The number of fused-ring (bicyclic) bond motifs is 1. The Balaban J connectivity index is 0.00000144. The van der Waals surface area contributed by atoms with Crippen molar-refractivity contribution in [2.24, 2.45) is 0 Å². The number of carboxylic acid groups (broad SMARTS) is 1. The normalized spacial score (nSPS) is 11.8. The van der Waals surface area contributed by atoms with Crippen molar-refractivity contribution >= 4 is 36.2 Å². The zero-order valence-corrected chi connectivity index (χ0v) is 13.6. The summed E-state index contributed by atoms with van der Waals surface area (Å²) in [6.07, 6.45) is 0. The van der Waals surface area contributed by atoms with Gasteiger partial charge in [-0.15, -0.1) is 0 Å². The molecule has 2 nitrogen and oxygen atoms in total. The van der Waals surface area contributed by atoms with Gasteiger partial charge in [-0.05, 0) is 0 Å². The standard InChI is InChI=1S/C13H12O2Se.Na/c1-9(13(14)15)16-12-7-6-10-4-2-3-5-11(10)8-12;/h2-9H,1H3,(H,14,15);/q;+1/p-1/t9-;/m0./s1. The van der Waals surface area contributed by atoms with Crippen LogP contribution in [0.15, 0.2) is 42.5 Å². The summed E-state index contributed by atoms with van der Waals surface area (Å²) in [5.74, 6) is -0.965. The number of benzene rings is 2. The molecule has 0 N–H and O–H groups in total. The molecule has 2 aromatic rings. The van der Waals surface area contributed by atoms with Gasteiger partial charge < -0.3 is 0 Å². The minimum Gasteiger partial charge on any atom is 1.00 e. The molecule has 0 spiro atoms. The van der Waals surface area contributed by atoms with Gasteiger partial charge in [0.15, 0.2) is 0 Å². The second-order valence-corrected chi connectivity index (χ2v) is 6.56. The third-order valence-electron chi connectivity index (χ3n) is 2.37. The minimum absolute atomic E-state index is 0. The van der Waals surface area contributed by atoms with E-state index < -0.39 is 5.97 Å². The van der Waals surface area contributed by atoms with Crippen LogP contribution in [-0.2, 0) is 4.79 Å². The fourth-order valence-corrected chi connectivity index (χ4v) is 3.27. The average molecular weight is 301 g/mol. The molecule has 0 radical (unpaired) electrons. The molecule has 0 aliphatic rings. The van der Waals surface area contributed by atoms with Crippen molar-refractivity contribution in [3.63, 3.8) is 0 Å². The minimum atomic E-state index is -0.965. The molecule has 0 aromatic heterocycles. The Kier molecular flexibility index (Phi) is 5.71. The van der Waals surface area contributed by atoms with Gasteiger partial charge in [0, 0.05) is 0 Å². The van der Waals surface area contributed by atoms with Crippen molar-refractivity contribution in [2.75, 3.05) is 0 Å². The number of carbonyl (C=O) groups is 1. The Labute approximate surface area is 129 Å². The molecule has 0 aliphatic heterocycles. The molecule has 0 aliphatic carbocycles. The Morgan fingerprint density at radius 1 is 1.18 bits per heavy atom. The summed E-state index contributed by atoms with van der Waals surface area (Å²) >= 11 is -0.0666. The molecule has 4 heteroatoms. The summed E-state index contributed by atoms with van der Waals surface area (Å²) < 4.78 is 1.10. The van der Waals surface area contributed by atoms with Gasteiger partial charge in [0.2, 0.25) is 0 Å². The maximum absolute atomic E-state index is 10.7. The van der Waals surface area contributed by atoms with Crippen LogP contribution in [0.2, 0.25) is 4.82 Å². The molecular weight excluding hydrogens is 290 g/mol. The summed E-state index contributed by atoms with van der Waals surface area (Å²) in [4.78, 5) is 10.3. The number of aliphatic carboxylic acids is 1. The van der Waals surface area contributed by atoms with E-state index in [4.69, 9.17) is 0 Å². The van der Waals surface area contributed by atoms with Crippen molar-refractivity contribution in [1.82, 2.24) is 0 Å². The maximum Gasteiger partial charge on any atom is 1.00 e. The Morgan fingerprint density at radius 2 is 1.82 bits per heavy atom. The SMILES string of the molecule is C[C@H]([Se]c1ccc2ccccc2c1)C(=O)[O-].[Na+]. The molecule has 82 valence electrons. The number of rotatable bonds is 3. The van der Waals surface area contributed by atoms with E-state index in [1.54, 1.807) is 6.92 Å². The van der Waals surface area contributed by atoms with Crippen LogP contribution in [0.4, 0.5) is 0 Å². The average Bonchev–Trinajstić information content (AvgIpc) is 2.28. The van der Waals surface area contributed by atoms with E-state index in [1.807, 2.05) is 36.4 Å². The van der Waals surface area contributed by atoms with E-state index in [-0.39, 0.29) is 49.3 Å². The topological polar surface area (TPSA) is 40.1 Å². The number of carboxylic acids is 1. The van der Waals surface area contributed by atoms with E-state index in [1.165, 1.54) is 5.39 Å². The van der Waals surface area contributed by atoms with Crippen LogP contribution in [0.25, 0.3) is 10.8 Å². The summed E-state index contributed by atoms with van der Waals surface area (Å²) in [5, 5.41) is 13.0. The van der Waals surface area contributed by atoms with Crippen molar-refractivity contribution in [1.29, 1.82) is 0 Å². The van der Waals surface area contributed by atoms with Crippen molar-refractivity contribution in [3.8, 4) is 0 Å². The van der Waals surface area contributed by atoms with Gasteiger partial charge >= 0.3 is 130 Å². The first-order chi connectivity index (χ1) is 7.66. The van der Waals surface area contributed by atoms with Crippen LogP contribution >= 0.6 is 0 Å². The zero-order valence-electron chi connectivity index (χ0n) is 9.84. The van der Waals surface area contributed by atoms with E-state index >= 15 is 0 Å². The molecule has 1 atom stereocenters. The molecule has 0 fully saturated rings. The first-order valence-corrected chi connectivity index (χ1v) is 6.88. The van der Waals surface area contributed by atoms with E-state index in [9.17, 15) is 9.90 Å². The molecule has 0 bridgehead atoms. The molecule has 17 heavy (non-hydrogen) atoms. The molecule has 0 amide bonds. The van der Waals surface area contributed by atoms with Gasteiger partial charge in [-0.25, -0.2) is 0 Å². The summed E-state index contributed by atoms with van der Waals surface area (Å²) in [7, 11) is 0. The quantitative estimate of drug-likeness (QED) is 0.600. The van der Waals surface area contributed by atoms with Gasteiger partial charge in [0.05, 0.1) is 0 Å². The van der Waals surface area contributed by atoms with E-state index in [2.05, 4.69) is 6.07 Å². The van der Waals surface area contributed by atoms with Crippen molar-refractivity contribution in [2.45, 2.75) is 11.7 Å². The first kappa shape index (κ1) is 14.7. The fourth-order valence-electron chi connectivity index (χ4n) is 1.49. The number of hydrogen-bond acceptors (Lipinski definition) is 2. The van der Waals surface area contributed by atoms with Crippen LogP contribution in [-0.4, -0.2) is 20.9 Å². The number of carbonyl (C=O) groups excluding carboxylic acids is 1. The van der Waals surface area contributed by atoms with Gasteiger partial charge in [-0.3, -0.25) is 0 Å². The summed E-state index contributed by atoms with van der Waals surface area (Å²) in [5.41, 5.74) is 0. The molecule has 0 saturated carbocycles. The van der Waals surface area contributed by atoms with E-state index in [0.29, 0.717) is 0 Å². The van der Waals surface area contributed by atoms with Gasteiger partial charge in [0.25, 0.3) is 0 Å². The monoisotopic (exact) mass is 302 g/mol. The van der Waals surface area contributed by atoms with E-state index in [0.717, 1.165) is 9.85 Å². The van der Waals surface area contributed by atoms with Crippen LogP contribution in [0.3, 0.4) is 0 Å². The van der Waals surface area contributed by atoms with Gasteiger partial charge in [-0.1, -0.05) is 0 Å². The summed E-state index contributed by atoms with van der Waals surface area (Å²) in [6, 6.07) is 14.2. The second kappa shape index (κ2) is 6.58. The van der Waals surface area contributed by atoms with Crippen molar-refractivity contribution in [3.05, 3.63) is 42.5 Å². The number of hydrogen-bond donors (Lipinski definition) is 0.